The summed E-state index contributed by atoms with van der Waals surface area (Å²) in [5, 5.41) is 1.29. The van der Waals surface area contributed by atoms with Crippen LogP contribution in [0.1, 0.15) is 113 Å². The van der Waals surface area contributed by atoms with Gasteiger partial charge in [-0.1, -0.05) is 26.0 Å². The molecule has 1 aromatic heterocycles. The van der Waals surface area contributed by atoms with E-state index in [9.17, 15) is 22.8 Å². The number of hydrogen-bond acceptors (Lipinski definition) is 11. The highest BCUT2D eigenvalue weighted by atomic mass is 32.2. The number of ether oxygens (including phenoxy) is 4. The molecule has 2 amide bonds. The van der Waals surface area contributed by atoms with Crippen molar-refractivity contribution < 1.29 is 50.9 Å². The Kier molecular flexibility index (Phi) is 13.5. The fourth-order valence-electron chi connectivity index (χ4n) is 9.38. The molecule has 1 saturated heterocycles. The van der Waals surface area contributed by atoms with Gasteiger partial charge in [0.25, 0.3) is 0 Å². The SMILES string of the molecule is COc1ccc2c(O[C@@H]3C[C@H]4C(=O)C[C@]5(C(=O)NS(=O)(=O)C6(C)CC6)C[C@H]5/C=C\CC[C@@H](C)C[C@@H](C)[C@H](CC(=O)OC(C)(C)C)C(=O)N4C3)nc(-c3ccc(OC(C)C)c(F)c3)cc2c1. The average molecular weight is 918 g/mol. The van der Waals surface area contributed by atoms with Crippen LogP contribution in [-0.2, 0) is 33.9 Å². The minimum absolute atomic E-state index is 0.0303. The van der Waals surface area contributed by atoms with E-state index < -0.39 is 73.2 Å². The van der Waals surface area contributed by atoms with Gasteiger partial charge in [-0.2, -0.15) is 0 Å². The molecule has 1 N–H and O–H groups in total. The number of allylic oxidation sites excluding steroid dienone is 2. The Morgan fingerprint density at radius 2 is 1.78 bits per heavy atom. The molecule has 0 spiro atoms. The number of carbonyl (C=O) groups is 4. The molecule has 2 aliphatic heterocycles. The molecule has 2 saturated carbocycles. The maximum atomic E-state index is 15.4. The van der Waals surface area contributed by atoms with Gasteiger partial charge >= 0.3 is 5.97 Å². The van der Waals surface area contributed by atoms with Crippen LogP contribution in [-0.4, -0.2) is 84.1 Å². The van der Waals surface area contributed by atoms with Crippen molar-refractivity contribution in [3.63, 3.8) is 0 Å². The number of aromatic nitrogens is 1. The Morgan fingerprint density at radius 3 is 2.45 bits per heavy atom. The van der Waals surface area contributed by atoms with Crippen molar-refractivity contribution in [1.82, 2.24) is 14.6 Å². The molecule has 0 bridgehead atoms. The first-order chi connectivity index (χ1) is 30.5. The van der Waals surface area contributed by atoms with Gasteiger partial charge in [0.1, 0.15) is 17.5 Å². The molecular formula is C50H64FN3O10S. The van der Waals surface area contributed by atoms with E-state index in [0.29, 0.717) is 53.5 Å². The van der Waals surface area contributed by atoms with Crippen molar-refractivity contribution >= 4 is 44.4 Å². The first kappa shape index (κ1) is 47.9. The molecule has 65 heavy (non-hydrogen) atoms. The lowest BCUT2D eigenvalue weighted by molar-refractivity contribution is -0.160. The first-order valence-corrected chi connectivity index (χ1v) is 24.4. The van der Waals surface area contributed by atoms with E-state index in [1.807, 2.05) is 39.0 Å². The van der Waals surface area contributed by atoms with E-state index in [1.54, 1.807) is 65.1 Å². The number of amides is 2. The van der Waals surface area contributed by atoms with Gasteiger partial charge in [0.05, 0.1) is 54.0 Å². The molecule has 0 unspecified atom stereocenters. The van der Waals surface area contributed by atoms with Gasteiger partial charge < -0.3 is 23.8 Å². The second kappa shape index (κ2) is 18.3. The van der Waals surface area contributed by atoms with Gasteiger partial charge in [0, 0.05) is 23.8 Å². The highest BCUT2D eigenvalue weighted by Gasteiger charge is 2.62. The number of ketones is 1. The fraction of sp³-hybridized carbons (Fsp3) is 0.580. The number of nitrogens with zero attached hydrogens (tertiary/aromatic N) is 2. The third kappa shape index (κ3) is 10.7. The number of methoxy groups -OCH3 is 1. The quantitative estimate of drug-likeness (QED) is 0.145. The number of nitrogens with one attached hydrogen (secondary N) is 1. The molecule has 3 aromatic rings. The van der Waals surface area contributed by atoms with Gasteiger partial charge in [-0.05, 0) is 146 Å². The van der Waals surface area contributed by atoms with Crippen molar-refractivity contribution in [3.8, 4) is 28.6 Å². The van der Waals surface area contributed by atoms with Crippen molar-refractivity contribution in [2.75, 3.05) is 13.7 Å². The number of fused-ring (bicyclic) bond motifs is 3. The monoisotopic (exact) mass is 917 g/mol. The Bertz CT molecular complexity index is 2480. The Morgan fingerprint density at radius 1 is 1.05 bits per heavy atom. The lowest BCUT2D eigenvalue weighted by Crippen LogP contribution is -2.48. The molecular weight excluding hydrogens is 854 g/mol. The molecule has 4 aliphatic rings. The van der Waals surface area contributed by atoms with Crippen molar-refractivity contribution in [2.24, 2.45) is 29.1 Å². The van der Waals surface area contributed by atoms with Gasteiger partial charge in [-0.3, -0.25) is 23.9 Å². The van der Waals surface area contributed by atoms with Crippen LogP contribution in [0.3, 0.4) is 0 Å². The van der Waals surface area contributed by atoms with Gasteiger partial charge in [-0.15, -0.1) is 0 Å². The van der Waals surface area contributed by atoms with E-state index >= 15 is 9.18 Å². The number of pyridine rings is 1. The Balaban J connectivity index is 1.27. The van der Waals surface area contributed by atoms with Gasteiger partial charge in [-0.25, -0.2) is 17.8 Å². The summed E-state index contributed by atoms with van der Waals surface area (Å²) < 4.78 is 67.0. The second-order valence-electron chi connectivity index (χ2n) is 20.4. The molecule has 15 heteroatoms. The summed E-state index contributed by atoms with van der Waals surface area (Å²) in [7, 11) is -2.46. The molecule has 3 fully saturated rings. The van der Waals surface area contributed by atoms with Crippen molar-refractivity contribution in [1.29, 1.82) is 0 Å². The number of benzene rings is 2. The molecule has 13 nitrogen and oxygen atoms in total. The first-order valence-electron chi connectivity index (χ1n) is 22.9. The number of sulfonamides is 1. The molecule has 3 heterocycles. The number of rotatable bonds is 11. The average Bonchev–Trinajstić information content (AvgIpc) is 4.10. The third-order valence-corrected chi connectivity index (χ3v) is 15.6. The fourth-order valence-corrected chi connectivity index (χ4v) is 10.7. The lowest BCUT2D eigenvalue weighted by atomic mass is 9.82. The van der Waals surface area contributed by atoms with Crippen LogP contribution in [0.15, 0.2) is 54.6 Å². The van der Waals surface area contributed by atoms with Crippen LogP contribution in [0.5, 0.6) is 17.4 Å². The van der Waals surface area contributed by atoms with Crippen LogP contribution in [0, 0.1) is 34.9 Å². The molecule has 7 rings (SSSR count). The predicted octanol–water partition coefficient (Wildman–Crippen LogP) is 8.51. The molecule has 7 atom stereocenters. The maximum absolute atomic E-state index is 15.4. The highest BCUT2D eigenvalue weighted by molar-refractivity contribution is 7.91. The molecule has 352 valence electrons. The summed E-state index contributed by atoms with van der Waals surface area (Å²) in [6.45, 7) is 14.5. The highest BCUT2D eigenvalue weighted by Crippen LogP contribution is 2.58. The molecule has 2 aromatic carbocycles. The van der Waals surface area contributed by atoms with Crippen molar-refractivity contribution in [2.45, 2.75) is 142 Å². The van der Waals surface area contributed by atoms with Gasteiger partial charge in [0.2, 0.25) is 27.7 Å². The number of hydrogen-bond donors (Lipinski definition) is 1. The summed E-state index contributed by atoms with van der Waals surface area (Å²) >= 11 is 0. The van der Waals surface area contributed by atoms with Crippen molar-refractivity contribution in [3.05, 3.63) is 60.4 Å². The molecule has 2 aliphatic carbocycles. The van der Waals surface area contributed by atoms with Crippen LogP contribution < -0.4 is 18.9 Å². The number of halogens is 1. The minimum atomic E-state index is -4.01. The van der Waals surface area contributed by atoms with Crippen LogP contribution in [0.4, 0.5) is 4.39 Å². The summed E-state index contributed by atoms with van der Waals surface area (Å²) in [6, 6.07) is 10.7. The van der Waals surface area contributed by atoms with Crippen LogP contribution in [0.2, 0.25) is 0 Å². The van der Waals surface area contributed by atoms with E-state index in [4.69, 9.17) is 23.9 Å². The smallest absolute Gasteiger partial charge is 0.307 e. The zero-order valence-electron chi connectivity index (χ0n) is 39.1. The number of Topliss-reactive ketones (excluding diaryl/α,β-unsaturated/α-hetero) is 1. The van der Waals surface area contributed by atoms with E-state index in [0.717, 1.165) is 6.42 Å². The number of carbonyl (C=O) groups excluding carboxylic acids is 4. The summed E-state index contributed by atoms with van der Waals surface area (Å²) in [6.07, 6.45) is 5.67. The minimum Gasteiger partial charge on any atom is -0.497 e. The van der Waals surface area contributed by atoms with Crippen LogP contribution in [0.25, 0.3) is 22.0 Å². The Labute approximate surface area is 382 Å². The standard InChI is InChI=1S/C50H64FN3O10S/c1-29(2)62-43-17-14-32(22-39(43)51)40-23-33-21-35(61-9)15-16-37(33)45(52-40)63-36-24-41-42(55)27-50(47(58)53-65(59,60)49(8)18-19-49)26-34(50)13-11-10-12-30(3)20-31(4)38(46(57)54(41)28-36)25-44(56)64-48(5,6)7/h11,13-17,21-23,29-31,34,36,38,41H,10,12,18-20,24-28H2,1-9H3,(H,53,58)/b13-11-/t30-,31-,34-,36-,38+,41+,50-/m1/s1. The largest absolute Gasteiger partial charge is 0.497 e. The zero-order valence-corrected chi connectivity index (χ0v) is 39.9. The normalized spacial score (nSPS) is 27.5. The predicted molar refractivity (Wildman–Crippen MR) is 244 cm³/mol. The zero-order chi connectivity index (χ0) is 47.2. The molecule has 0 radical (unpaired) electrons. The summed E-state index contributed by atoms with van der Waals surface area (Å²) in [5.41, 5.74) is -1.27. The Hall–Kier alpha value is -5.05. The topological polar surface area (TPSA) is 167 Å². The maximum Gasteiger partial charge on any atom is 0.307 e. The third-order valence-electron chi connectivity index (χ3n) is 13.5. The number of esters is 1. The van der Waals surface area contributed by atoms with Crippen LogP contribution >= 0.6 is 0 Å². The second-order valence-corrected chi connectivity index (χ2v) is 22.6. The van der Waals surface area contributed by atoms with E-state index in [-0.39, 0.29) is 67.7 Å². The van der Waals surface area contributed by atoms with E-state index in [1.165, 1.54) is 11.0 Å². The summed E-state index contributed by atoms with van der Waals surface area (Å²) in [4.78, 5) is 64.1. The summed E-state index contributed by atoms with van der Waals surface area (Å²) in [5.74, 6) is -3.10. The van der Waals surface area contributed by atoms with Gasteiger partial charge in [0.15, 0.2) is 17.3 Å². The van der Waals surface area contributed by atoms with E-state index in [2.05, 4.69) is 11.6 Å². The lowest BCUT2D eigenvalue weighted by Gasteiger charge is -2.32.